The lowest BCUT2D eigenvalue weighted by Gasteiger charge is -2.06. The predicted octanol–water partition coefficient (Wildman–Crippen LogP) is 4.17. The number of amides is 1. The van der Waals surface area contributed by atoms with Gasteiger partial charge >= 0.3 is 0 Å². The number of alkyl halides is 2. The van der Waals surface area contributed by atoms with E-state index in [1.165, 1.54) is 29.7 Å². The number of halogens is 2. The molecule has 0 spiro atoms. The number of anilines is 1. The molecule has 0 aliphatic carbocycles. The van der Waals surface area contributed by atoms with Crippen molar-refractivity contribution in [2.24, 2.45) is 0 Å². The quantitative estimate of drug-likeness (QED) is 0.688. The lowest BCUT2D eigenvalue weighted by molar-refractivity contribution is 0.102. The summed E-state index contributed by atoms with van der Waals surface area (Å²) in [5.74, 6) is -3.18. The van der Waals surface area contributed by atoms with E-state index in [9.17, 15) is 13.6 Å². The molecule has 1 amide bonds. The van der Waals surface area contributed by atoms with Gasteiger partial charge in [0, 0.05) is 17.8 Å². The first-order chi connectivity index (χ1) is 11.6. The van der Waals surface area contributed by atoms with Crippen LogP contribution in [0.2, 0.25) is 0 Å². The average molecular weight is 364 g/mol. The van der Waals surface area contributed by atoms with Crippen molar-refractivity contribution >= 4 is 34.1 Å². The zero-order valence-corrected chi connectivity index (χ0v) is 13.7. The van der Waals surface area contributed by atoms with Crippen molar-refractivity contribution in [1.82, 2.24) is 15.0 Å². The highest BCUT2D eigenvalue weighted by molar-refractivity contribution is 7.99. The molecule has 0 fully saturated rings. The number of nitrogens with zero attached hydrogens (tertiary/aromatic N) is 3. The summed E-state index contributed by atoms with van der Waals surface area (Å²) in [4.78, 5) is 24.6. The Bertz CT molecular complexity index is 842. The molecule has 0 aliphatic heterocycles. The van der Waals surface area contributed by atoms with Gasteiger partial charge in [-0.1, -0.05) is 6.07 Å². The summed E-state index contributed by atoms with van der Waals surface area (Å²) >= 11 is 1.46. The van der Waals surface area contributed by atoms with Crippen molar-refractivity contribution in [3.05, 3.63) is 53.7 Å². The van der Waals surface area contributed by atoms with Crippen LogP contribution in [0.4, 0.5) is 13.9 Å². The minimum atomic E-state index is -2.65. The van der Waals surface area contributed by atoms with Crippen LogP contribution in [0, 0.1) is 0 Å². The molecule has 0 bridgehead atoms. The highest BCUT2D eigenvalue weighted by Gasteiger charge is 2.18. The number of aromatic nitrogens is 3. The summed E-state index contributed by atoms with van der Waals surface area (Å²) < 4.78 is 25.1. The van der Waals surface area contributed by atoms with Gasteiger partial charge in [0.25, 0.3) is 11.7 Å². The molecule has 24 heavy (non-hydrogen) atoms. The van der Waals surface area contributed by atoms with Gasteiger partial charge in [0.15, 0.2) is 5.13 Å². The summed E-state index contributed by atoms with van der Waals surface area (Å²) in [5.41, 5.74) is 1.39. The molecule has 0 unspecified atom stereocenters. The Morgan fingerprint density at radius 1 is 1.12 bits per heavy atom. The molecule has 0 saturated carbocycles. The van der Waals surface area contributed by atoms with Gasteiger partial charge in [-0.3, -0.25) is 15.1 Å². The van der Waals surface area contributed by atoms with Crippen LogP contribution in [-0.4, -0.2) is 26.6 Å². The Morgan fingerprint density at radius 3 is 2.71 bits per heavy atom. The van der Waals surface area contributed by atoms with Gasteiger partial charge in [-0.25, -0.2) is 9.97 Å². The van der Waals surface area contributed by atoms with Gasteiger partial charge in [0.05, 0.1) is 11.3 Å². The van der Waals surface area contributed by atoms with Crippen molar-refractivity contribution in [2.45, 2.75) is 10.8 Å². The molecule has 3 aromatic rings. The molecule has 122 valence electrons. The van der Waals surface area contributed by atoms with E-state index in [1.807, 2.05) is 6.07 Å². The molecule has 3 heterocycles. The van der Waals surface area contributed by atoms with E-state index in [4.69, 9.17) is 0 Å². The molecule has 5 nitrogen and oxygen atoms in total. The van der Waals surface area contributed by atoms with Crippen LogP contribution in [0.1, 0.15) is 10.4 Å². The van der Waals surface area contributed by atoms with Crippen molar-refractivity contribution in [2.75, 3.05) is 5.32 Å². The first-order valence-corrected chi connectivity index (χ1v) is 8.47. The average Bonchev–Trinajstić information content (AvgIpc) is 3.04. The molecule has 0 aliphatic rings. The van der Waals surface area contributed by atoms with Crippen molar-refractivity contribution in [3.63, 3.8) is 0 Å². The molecule has 0 aromatic carbocycles. The van der Waals surface area contributed by atoms with Crippen LogP contribution in [0.25, 0.3) is 11.4 Å². The summed E-state index contributed by atoms with van der Waals surface area (Å²) in [6.07, 6.45) is 3.01. The van der Waals surface area contributed by atoms with Crippen molar-refractivity contribution < 1.29 is 13.6 Å². The standard InChI is InChI=1S/C15H10F2N4OS2/c16-14(17)24-13-9(4-3-7-19-13)12(22)21-15-20-11(8-23-15)10-5-1-2-6-18-10/h1-8,14H,(H,20,21,22). The van der Waals surface area contributed by atoms with Gasteiger partial charge < -0.3 is 0 Å². The van der Waals surface area contributed by atoms with Gasteiger partial charge in [0.2, 0.25) is 0 Å². The first kappa shape index (κ1) is 16.5. The number of hydrogen-bond donors (Lipinski definition) is 1. The number of thiazole rings is 1. The number of carbonyl (C=O) groups excluding carboxylic acids is 1. The number of nitrogens with one attached hydrogen (secondary N) is 1. The van der Waals surface area contributed by atoms with E-state index < -0.39 is 11.7 Å². The van der Waals surface area contributed by atoms with Crippen LogP contribution in [0.15, 0.2) is 53.1 Å². The molecule has 9 heteroatoms. The molecule has 0 atom stereocenters. The Morgan fingerprint density at radius 2 is 1.96 bits per heavy atom. The summed E-state index contributed by atoms with van der Waals surface area (Å²) in [7, 11) is 0. The maximum atomic E-state index is 12.6. The first-order valence-electron chi connectivity index (χ1n) is 6.71. The second kappa shape index (κ2) is 7.45. The van der Waals surface area contributed by atoms with E-state index >= 15 is 0 Å². The Hall–Kier alpha value is -2.39. The van der Waals surface area contributed by atoms with E-state index in [0.717, 1.165) is 0 Å². The van der Waals surface area contributed by atoms with Crippen LogP contribution in [-0.2, 0) is 0 Å². The monoisotopic (exact) mass is 364 g/mol. The Labute approximate surface area is 144 Å². The number of thioether (sulfide) groups is 1. The topological polar surface area (TPSA) is 67.8 Å². The van der Waals surface area contributed by atoms with Crippen LogP contribution in [0.3, 0.4) is 0 Å². The van der Waals surface area contributed by atoms with Crippen LogP contribution in [0.5, 0.6) is 0 Å². The molecular formula is C15H10F2N4OS2. The highest BCUT2D eigenvalue weighted by Crippen LogP contribution is 2.28. The Kier molecular flexibility index (Phi) is 5.11. The second-order valence-corrected chi connectivity index (χ2v) is 6.28. The lowest BCUT2D eigenvalue weighted by atomic mass is 10.3. The van der Waals surface area contributed by atoms with E-state index in [0.29, 0.717) is 16.5 Å². The smallest absolute Gasteiger partial charge is 0.290 e. The number of hydrogen-bond acceptors (Lipinski definition) is 6. The summed E-state index contributed by atoms with van der Waals surface area (Å²) in [6.45, 7) is 0. The fraction of sp³-hybridized carbons (Fsp3) is 0.0667. The molecule has 3 aromatic heterocycles. The predicted molar refractivity (Wildman–Crippen MR) is 89.4 cm³/mol. The van der Waals surface area contributed by atoms with Gasteiger partial charge in [-0.15, -0.1) is 11.3 Å². The number of rotatable bonds is 5. The maximum absolute atomic E-state index is 12.6. The van der Waals surface area contributed by atoms with Gasteiger partial charge in [-0.2, -0.15) is 8.78 Å². The van der Waals surface area contributed by atoms with Crippen molar-refractivity contribution in [1.29, 1.82) is 0 Å². The number of carbonyl (C=O) groups is 1. The molecule has 3 rings (SSSR count). The maximum Gasteiger partial charge on any atom is 0.290 e. The number of pyridine rings is 2. The molecule has 1 N–H and O–H groups in total. The zero-order chi connectivity index (χ0) is 16.9. The fourth-order valence-corrected chi connectivity index (χ4v) is 3.15. The summed E-state index contributed by atoms with van der Waals surface area (Å²) in [6, 6.07) is 8.40. The zero-order valence-electron chi connectivity index (χ0n) is 12.0. The van der Waals surface area contributed by atoms with Gasteiger partial charge in [0.1, 0.15) is 10.7 Å². The second-order valence-electron chi connectivity index (χ2n) is 4.44. The van der Waals surface area contributed by atoms with E-state index in [2.05, 4.69) is 20.3 Å². The third-order valence-corrected chi connectivity index (χ3v) is 4.35. The SMILES string of the molecule is O=C(Nc1nc(-c2ccccn2)cs1)c1cccnc1SC(F)F. The van der Waals surface area contributed by atoms with E-state index in [1.54, 1.807) is 23.7 Å². The van der Waals surface area contributed by atoms with Gasteiger partial charge in [-0.05, 0) is 36.0 Å². The van der Waals surface area contributed by atoms with Crippen LogP contribution >= 0.6 is 23.1 Å². The normalized spacial score (nSPS) is 10.8. The van der Waals surface area contributed by atoms with Crippen LogP contribution < -0.4 is 5.32 Å². The fourth-order valence-electron chi connectivity index (χ4n) is 1.87. The van der Waals surface area contributed by atoms with Crippen molar-refractivity contribution in [3.8, 4) is 11.4 Å². The lowest BCUT2D eigenvalue weighted by Crippen LogP contribution is -2.13. The molecule has 0 saturated heterocycles. The van der Waals surface area contributed by atoms with E-state index in [-0.39, 0.29) is 22.4 Å². The summed E-state index contributed by atoms with van der Waals surface area (Å²) in [5, 5.41) is 4.70. The molecular weight excluding hydrogens is 354 g/mol. The highest BCUT2D eigenvalue weighted by atomic mass is 32.2. The third kappa shape index (κ3) is 3.92. The minimum Gasteiger partial charge on any atom is -0.298 e. The third-order valence-electron chi connectivity index (χ3n) is 2.87. The largest absolute Gasteiger partial charge is 0.298 e. The minimum absolute atomic E-state index is 0.0218. The Balaban J connectivity index is 1.78. The molecule has 0 radical (unpaired) electrons.